The van der Waals surface area contributed by atoms with Gasteiger partial charge in [0.15, 0.2) is 16.8 Å². The highest BCUT2D eigenvalue weighted by Crippen LogP contribution is 2.37. The van der Waals surface area contributed by atoms with E-state index >= 15 is 0 Å². The SMILES string of the molecule is O=C1CCN(c2ccc(CN3CCN(c4ccc(-c5ccc6c(c5)C(=O)N(C(C(=O)Nc5nccs5)c5cc(F)ccc5O)C6)nn4)CC3)nn2)C(=O)N1. The number of thiazole rings is 1. The van der Waals surface area contributed by atoms with Crippen LogP contribution in [0, 0.1) is 5.82 Å². The second kappa shape index (κ2) is 14.6. The first-order chi connectivity index (χ1) is 26.2. The molecule has 0 aliphatic carbocycles. The summed E-state index contributed by atoms with van der Waals surface area (Å²) in [4.78, 5) is 62.2. The van der Waals surface area contributed by atoms with Crippen molar-refractivity contribution in [2.45, 2.75) is 25.6 Å². The molecule has 3 aliphatic heterocycles. The Hall–Kier alpha value is -6.40. The number of rotatable bonds is 9. The zero-order valence-corrected chi connectivity index (χ0v) is 29.4. The topological polar surface area (TPSA) is 190 Å². The molecule has 18 heteroatoms. The Labute approximate surface area is 311 Å². The van der Waals surface area contributed by atoms with E-state index in [-0.39, 0.29) is 36.7 Å². The number of hydrogen-bond donors (Lipinski definition) is 3. The van der Waals surface area contributed by atoms with Crippen molar-refractivity contribution in [3.05, 3.63) is 100 Å². The van der Waals surface area contributed by atoms with Crippen LogP contribution >= 0.6 is 11.3 Å². The van der Waals surface area contributed by atoms with Gasteiger partial charge in [0, 0.05) is 80.5 Å². The molecule has 8 rings (SSSR count). The number of piperazine rings is 1. The third-order valence-corrected chi connectivity index (χ3v) is 10.2. The number of urea groups is 1. The molecule has 0 bridgehead atoms. The van der Waals surface area contributed by atoms with Gasteiger partial charge in [-0.05, 0) is 54.1 Å². The number of imide groups is 1. The van der Waals surface area contributed by atoms with Crippen molar-refractivity contribution < 1.29 is 28.7 Å². The molecule has 0 radical (unpaired) electrons. The summed E-state index contributed by atoms with van der Waals surface area (Å²) in [6, 6.07) is 14.1. The third kappa shape index (κ3) is 7.03. The Morgan fingerprint density at radius 2 is 1.74 bits per heavy atom. The predicted molar refractivity (Wildman–Crippen MR) is 194 cm³/mol. The lowest BCUT2D eigenvalue weighted by molar-refractivity contribution is -0.121. The molecule has 0 saturated carbocycles. The van der Waals surface area contributed by atoms with Crippen LogP contribution in [0.5, 0.6) is 5.75 Å². The minimum Gasteiger partial charge on any atom is -0.508 e. The van der Waals surface area contributed by atoms with Crippen LogP contribution in [0.4, 0.5) is 26.0 Å². The van der Waals surface area contributed by atoms with Crippen molar-refractivity contribution in [1.82, 2.24) is 40.5 Å². The first kappa shape index (κ1) is 34.7. The van der Waals surface area contributed by atoms with E-state index in [0.29, 0.717) is 58.8 Å². The average Bonchev–Trinajstić information content (AvgIpc) is 3.81. The number of aromatic nitrogens is 5. The molecule has 274 valence electrons. The quantitative estimate of drug-likeness (QED) is 0.200. The number of anilines is 3. The van der Waals surface area contributed by atoms with Crippen molar-refractivity contribution >= 4 is 51.9 Å². The summed E-state index contributed by atoms with van der Waals surface area (Å²) in [7, 11) is 0. The van der Waals surface area contributed by atoms with Crippen LogP contribution in [0.25, 0.3) is 11.3 Å². The number of benzene rings is 2. The van der Waals surface area contributed by atoms with Crippen LogP contribution in [0.1, 0.15) is 39.6 Å². The van der Waals surface area contributed by atoms with E-state index in [1.54, 1.807) is 23.6 Å². The van der Waals surface area contributed by atoms with Gasteiger partial charge in [-0.1, -0.05) is 12.1 Å². The molecule has 54 heavy (non-hydrogen) atoms. The standard InChI is InChI=1S/C36H32FN11O5S/c37-23-3-6-28(49)26(18-23)32(33(51)40-35-38-10-16-54-35)48-19-22-2-1-21(17-25(22)34(48)52)27-5-8-29(43-42-27)46-14-12-45(13-15-46)20-24-4-7-30(44-41-24)47-11-9-31(50)39-36(47)53/h1-8,10,16-18,32,49H,9,11-15,19-20H2,(H,38,40,51)(H,39,50,53). The van der Waals surface area contributed by atoms with Gasteiger partial charge < -0.3 is 14.9 Å². The molecular weight excluding hydrogens is 718 g/mol. The normalized spacial score (nSPS) is 16.7. The van der Waals surface area contributed by atoms with E-state index in [1.807, 2.05) is 24.3 Å². The van der Waals surface area contributed by atoms with Gasteiger partial charge in [0.25, 0.3) is 11.8 Å². The van der Waals surface area contributed by atoms with Gasteiger partial charge in [0.2, 0.25) is 5.91 Å². The first-order valence-electron chi connectivity index (χ1n) is 17.1. The van der Waals surface area contributed by atoms with Crippen molar-refractivity contribution in [3.63, 3.8) is 0 Å². The largest absolute Gasteiger partial charge is 0.508 e. The highest BCUT2D eigenvalue weighted by atomic mass is 32.1. The number of aromatic hydroxyl groups is 1. The highest BCUT2D eigenvalue weighted by Gasteiger charge is 2.39. The first-order valence-corrected chi connectivity index (χ1v) is 18.0. The Balaban J connectivity index is 0.909. The minimum atomic E-state index is -1.33. The van der Waals surface area contributed by atoms with E-state index < -0.39 is 29.7 Å². The smallest absolute Gasteiger partial charge is 0.329 e. The van der Waals surface area contributed by atoms with Crippen molar-refractivity contribution in [1.29, 1.82) is 0 Å². The maximum atomic E-state index is 14.4. The van der Waals surface area contributed by atoms with E-state index in [9.17, 15) is 28.7 Å². The van der Waals surface area contributed by atoms with Gasteiger partial charge in [-0.2, -0.15) is 5.10 Å². The molecule has 1 unspecified atom stereocenters. The number of phenols is 1. The van der Waals surface area contributed by atoms with Crippen LogP contribution in [0.15, 0.2) is 72.2 Å². The van der Waals surface area contributed by atoms with Crippen molar-refractivity contribution in [2.75, 3.05) is 47.8 Å². The number of hydrogen-bond acceptors (Lipinski definition) is 13. The molecule has 1 atom stereocenters. The summed E-state index contributed by atoms with van der Waals surface area (Å²) in [6.45, 7) is 3.85. The number of halogens is 1. The fraction of sp³-hybridized carbons (Fsp3) is 0.250. The predicted octanol–water partition coefficient (Wildman–Crippen LogP) is 3.34. The number of amides is 5. The Kier molecular flexibility index (Phi) is 9.34. The summed E-state index contributed by atoms with van der Waals surface area (Å²) in [6.07, 6.45) is 1.74. The number of carbonyl (C=O) groups is 4. The second-order valence-corrected chi connectivity index (χ2v) is 13.8. The summed E-state index contributed by atoms with van der Waals surface area (Å²) in [5, 5.41) is 35.0. The number of fused-ring (bicyclic) bond motifs is 1. The molecule has 5 aromatic rings. The fourth-order valence-electron chi connectivity index (χ4n) is 6.72. The molecule has 3 N–H and O–H groups in total. The van der Waals surface area contributed by atoms with E-state index in [2.05, 4.69) is 45.8 Å². The number of carbonyl (C=O) groups excluding carboxylic acids is 4. The summed E-state index contributed by atoms with van der Waals surface area (Å²) >= 11 is 1.19. The molecule has 0 spiro atoms. The minimum absolute atomic E-state index is 0.0412. The molecule has 16 nitrogen and oxygen atoms in total. The molecule has 2 aromatic carbocycles. The van der Waals surface area contributed by atoms with Crippen LogP contribution in [0.3, 0.4) is 0 Å². The third-order valence-electron chi connectivity index (χ3n) is 9.51. The molecule has 6 heterocycles. The number of nitrogens with one attached hydrogen (secondary N) is 2. The Bertz CT molecular complexity index is 2230. The Morgan fingerprint density at radius 1 is 0.926 bits per heavy atom. The maximum absolute atomic E-state index is 14.4. The maximum Gasteiger partial charge on any atom is 0.329 e. The van der Waals surface area contributed by atoms with Crippen molar-refractivity contribution in [2.24, 2.45) is 0 Å². The number of nitrogens with zero attached hydrogens (tertiary/aromatic N) is 9. The zero-order valence-electron chi connectivity index (χ0n) is 28.6. The second-order valence-electron chi connectivity index (χ2n) is 12.9. The van der Waals surface area contributed by atoms with Crippen molar-refractivity contribution in [3.8, 4) is 17.0 Å². The van der Waals surface area contributed by atoms with E-state index in [4.69, 9.17) is 0 Å². The number of phenolic OH excluding ortho intramolecular Hbond substituents is 1. The van der Waals surface area contributed by atoms with Crippen LogP contribution in [-0.4, -0.2) is 96.8 Å². The van der Waals surface area contributed by atoms with Gasteiger partial charge in [-0.3, -0.25) is 34.8 Å². The fourth-order valence-corrected chi connectivity index (χ4v) is 7.25. The molecular formula is C36H32FN11O5S. The summed E-state index contributed by atoms with van der Waals surface area (Å²) < 4.78 is 14.4. The molecule has 2 saturated heterocycles. The van der Waals surface area contributed by atoms with Crippen LogP contribution in [-0.2, 0) is 22.7 Å². The average molecular weight is 750 g/mol. The summed E-state index contributed by atoms with van der Waals surface area (Å²) in [5.74, 6) is -1.26. The van der Waals surface area contributed by atoms with Gasteiger partial charge in [-0.15, -0.1) is 26.6 Å². The zero-order chi connectivity index (χ0) is 37.3. The van der Waals surface area contributed by atoms with Gasteiger partial charge in [0.05, 0.1) is 11.4 Å². The lowest BCUT2D eigenvalue weighted by Crippen LogP contribution is -2.50. The highest BCUT2D eigenvalue weighted by molar-refractivity contribution is 7.13. The van der Waals surface area contributed by atoms with Crippen LogP contribution in [0.2, 0.25) is 0 Å². The molecule has 2 fully saturated rings. The van der Waals surface area contributed by atoms with Gasteiger partial charge >= 0.3 is 6.03 Å². The molecule has 5 amide bonds. The molecule has 3 aliphatic rings. The lowest BCUT2D eigenvalue weighted by Gasteiger charge is -2.34. The monoisotopic (exact) mass is 749 g/mol. The van der Waals surface area contributed by atoms with E-state index in [0.717, 1.165) is 37.0 Å². The Morgan fingerprint density at radius 3 is 2.46 bits per heavy atom. The van der Waals surface area contributed by atoms with E-state index in [1.165, 1.54) is 27.3 Å². The van der Waals surface area contributed by atoms with Gasteiger partial charge in [-0.25, -0.2) is 14.2 Å². The van der Waals surface area contributed by atoms with Gasteiger partial charge in [0.1, 0.15) is 17.6 Å². The lowest BCUT2D eigenvalue weighted by atomic mass is 10.0. The van der Waals surface area contributed by atoms with Crippen LogP contribution < -0.4 is 20.4 Å². The summed E-state index contributed by atoms with van der Waals surface area (Å²) in [5.41, 5.74) is 2.98. The molecule has 3 aromatic heterocycles.